The van der Waals surface area contributed by atoms with Gasteiger partial charge in [0.15, 0.2) is 15.6 Å². The topological polar surface area (TPSA) is 51.2 Å². The maximum absolute atomic E-state index is 12.1. The van der Waals surface area contributed by atoms with E-state index in [4.69, 9.17) is 0 Å². The summed E-state index contributed by atoms with van der Waals surface area (Å²) < 4.78 is 23.7. The van der Waals surface area contributed by atoms with E-state index in [9.17, 15) is 13.2 Å². The van der Waals surface area contributed by atoms with Crippen LogP contribution in [0.2, 0.25) is 0 Å². The van der Waals surface area contributed by atoms with Gasteiger partial charge in [-0.05, 0) is 25.3 Å². The first-order chi connectivity index (χ1) is 8.49. The van der Waals surface area contributed by atoms with Crippen LogP contribution < -0.4 is 0 Å². The second kappa shape index (κ2) is 5.22. The maximum Gasteiger partial charge on any atom is 0.160 e. The zero-order valence-electron chi connectivity index (χ0n) is 10.6. The molecule has 18 heavy (non-hydrogen) atoms. The van der Waals surface area contributed by atoms with Crippen molar-refractivity contribution in [2.75, 3.05) is 5.75 Å². The minimum Gasteiger partial charge on any atom is -0.298 e. The summed E-state index contributed by atoms with van der Waals surface area (Å²) in [6.07, 6.45) is 2.25. The van der Waals surface area contributed by atoms with E-state index in [0.717, 1.165) is 17.5 Å². The molecule has 0 amide bonds. The number of benzene rings is 1. The minimum atomic E-state index is -3.20. The van der Waals surface area contributed by atoms with Crippen molar-refractivity contribution in [3.8, 4) is 0 Å². The van der Waals surface area contributed by atoms with E-state index in [2.05, 4.69) is 0 Å². The van der Waals surface area contributed by atoms with Crippen molar-refractivity contribution in [1.82, 2.24) is 0 Å². The van der Waals surface area contributed by atoms with Gasteiger partial charge in [0, 0.05) is 6.42 Å². The zero-order chi connectivity index (χ0) is 13.2. The Morgan fingerprint density at radius 2 is 2.11 bits per heavy atom. The van der Waals surface area contributed by atoms with Crippen LogP contribution in [-0.4, -0.2) is 25.2 Å². The first-order valence-electron chi connectivity index (χ1n) is 6.29. The number of hydrogen-bond acceptors (Lipinski definition) is 3. The molecule has 1 fully saturated rings. The maximum atomic E-state index is 12.1. The Morgan fingerprint density at radius 1 is 1.33 bits per heavy atom. The van der Waals surface area contributed by atoms with Gasteiger partial charge >= 0.3 is 0 Å². The molecular formula is C14H18O3S. The second-order valence-electron chi connectivity index (χ2n) is 4.98. The SMILES string of the molecule is Cc1cccc(CC(=O)C2CCCCS2(=O)=O)c1. The molecular weight excluding hydrogens is 248 g/mol. The molecule has 1 aliphatic heterocycles. The van der Waals surface area contributed by atoms with Gasteiger partial charge in [0.1, 0.15) is 5.25 Å². The van der Waals surface area contributed by atoms with E-state index < -0.39 is 15.1 Å². The van der Waals surface area contributed by atoms with Gasteiger partial charge in [0.25, 0.3) is 0 Å². The standard InChI is InChI=1S/C14H18O3S/c1-11-5-4-6-12(9-11)10-13(15)14-7-2-3-8-18(14,16)17/h4-6,9,14H,2-3,7-8,10H2,1H3. The fourth-order valence-electron chi connectivity index (χ4n) is 2.45. The molecule has 0 saturated carbocycles. The number of carbonyl (C=O) groups is 1. The van der Waals surface area contributed by atoms with Gasteiger partial charge < -0.3 is 0 Å². The average Bonchev–Trinajstić information content (AvgIpc) is 2.28. The molecule has 1 aromatic carbocycles. The lowest BCUT2D eigenvalue weighted by Crippen LogP contribution is -2.36. The van der Waals surface area contributed by atoms with Crippen LogP contribution in [0.15, 0.2) is 24.3 Å². The molecule has 1 atom stereocenters. The van der Waals surface area contributed by atoms with Gasteiger partial charge in [-0.1, -0.05) is 36.2 Å². The third kappa shape index (κ3) is 2.99. The zero-order valence-corrected chi connectivity index (χ0v) is 11.4. The molecule has 0 aliphatic carbocycles. The average molecular weight is 266 g/mol. The lowest BCUT2D eigenvalue weighted by atomic mass is 10.0. The molecule has 1 saturated heterocycles. The third-order valence-electron chi connectivity index (χ3n) is 3.40. The van der Waals surface area contributed by atoms with Crippen LogP contribution in [0.25, 0.3) is 0 Å². The fraction of sp³-hybridized carbons (Fsp3) is 0.500. The molecule has 98 valence electrons. The van der Waals surface area contributed by atoms with Gasteiger partial charge in [-0.15, -0.1) is 0 Å². The van der Waals surface area contributed by atoms with Crippen molar-refractivity contribution >= 4 is 15.6 Å². The monoisotopic (exact) mass is 266 g/mol. The Bertz CT molecular complexity index is 546. The minimum absolute atomic E-state index is 0.152. The van der Waals surface area contributed by atoms with E-state index >= 15 is 0 Å². The molecule has 3 nitrogen and oxygen atoms in total. The Morgan fingerprint density at radius 3 is 2.78 bits per heavy atom. The fourth-order valence-corrected chi connectivity index (χ4v) is 4.35. The molecule has 1 unspecified atom stereocenters. The first kappa shape index (κ1) is 13.3. The summed E-state index contributed by atoms with van der Waals surface area (Å²) in [6.45, 7) is 1.96. The van der Waals surface area contributed by atoms with E-state index in [1.54, 1.807) is 0 Å². The molecule has 1 aromatic rings. The summed E-state index contributed by atoms with van der Waals surface area (Å²) in [4.78, 5) is 12.1. The van der Waals surface area contributed by atoms with E-state index in [0.29, 0.717) is 12.8 Å². The van der Waals surface area contributed by atoms with Gasteiger partial charge in [-0.3, -0.25) is 4.79 Å². The normalized spacial score (nSPS) is 22.6. The Labute approximate surface area is 108 Å². The highest BCUT2D eigenvalue weighted by Crippen LogP contribution is 2.21. The Kier molecular flexibility index (Phi) is 3.85. The summed E-state index contributed by atoms with van der Waals surface area (Å²) in [5.41, 5.74) is 1.99. The number of aryl methyl sites for hydroxylation is 1. The van der Waals surface area contributed by atoms with Crippen molar-refractivity contribution in [3.63, 3.8) is 0 Å². The van der Waals surface area contributed by atoms with Crippen molar-refractivity contribution in [1.29, 1.82) is 0 Å². The predicted octanol–water partition coefficient (Wildman–Crippen LogP) is 2.07. The van der Waals surface area contributed by atoms with Crippen LogP contribution in [0.4, 0.5) is 0 Å². The highest BCUT2D eigenvalue weighted by atomic mass is 32.2. The number of hydrogen-bond donors (Lipinski definition) is 0. The molecule has 2 rings (SSSR count). The molecule has 4 heteroatoms. The molecule has 0 N–H and O–H groups in total. The number of ketones is 1. The van der Waals surface area contributed by atoms with Crippen LogP contribution in [0.1, 0.15) is 30.4 Å². The highest BCUT2D eigenvalue weighted by molar-refractivity contribution is 7.92. The summed E-state index contributed by atoms with van der Waals surface area (Å²) in [5.74, 6) is 0.0114. The van der Waals surface area contributed by atoms with Crippen molar-refractivity contribution in [2.24, 2.45) is 0 Å². The lowest BCUT2D eigenvalue weighted by molar-refractivity contribution is -0.118. The van der Waals surface area contributed by atoms with E-state index in [1.165, 1.54) is 0 Å². The van der Waals surface area contributed by atoms with Gasteiger partial charge in [0.05, 0.1) is 5.75 Å². The summed E-state index contributed by atoms with van der Waals surface area (Å²) in [5, 5.41) is -0.772. The predicted molar refractivity (Wildman–Crippen MR) is 71.3 cm³/mol. The molecule has 0 spiro atoms. The molecule has 0 radical (unpaired) electrons. The molecule has 0 bridgehead atoms. The smallest absolute Gasteiger partial charge is 0.160 e. The molecule has 1 heterocycles. The Balaban J connectivity index is 2.12. The number of sulfone groups is 1. The van der Waals surface area contributed by atoms with Crippen molar-refractivity contribution < 1.29 is 13.2 Å². The Hall–Kier alpha value is -1.16. The quantitative estimate of drug-likeness (QED) is 0.841. The largest absolute Gasteiger partial charge is 0.298 e. The lowest BCUT2D eigenvalue weighted by Gasteiger charge is -2.21. The van der Waals surface area contributed by atoms with Crippen LogP contribution in [-0.2, 0) is 21.1 Å². The molecule has 1 aliphatic rings. The number of carbonyl (C=O) groups excluding carboxylic acids is 1. The second-order valence-corrected chi connectivity index (χ2v) is 7.29. The number of rotatable bonds is 3. The van der Waals surface area contributed by atoms with E-state index in [1.807, 2.05) is 31.2 Å². The van der Waals surface area contributed by atoms with Crippen LogP contribution in [0.5, 0.6) is 0 Å². The molecule has 0 aromatic heterocycles. The van der Waals surface area contributed by atoms with Gasteiger partial charge in [-0.25, -0.2) is 8.42 Å². The summed E-state index contributed by atoms with van der Waals surface area (Å²) in [7, 11) is -3.20. The van der Waals surface area contributed by atoms with Gasteiger partial charge in [0.2, 0.25) is 0 Å². The van der Waals surface area contributed by atoms with Crippen LogP contribution in [0, 0.1) is 6.92 Å². The van der Waals surface area contributed by atoms with Crippen molar-refractivity contribution in [2.45, 2.75) is 37.9 Å². The highest BCUT2D eigenvalue weighted by Gasteiger charge is 2.34. The van der Waals surface area contributed by atoms with Gasteiger partial charge in [-0.2, -0.15) is 0 Å². The van der Waals surface area contributed by atoms with Crippen LogP contribution >= 0.6 is 0 Å². The van der Waals surface area contributed by atoms with Crippen LogP contribution in [0.3, 0.4) is 0 Å². The summed E-state index contributed by atoms with van der Waals surface area (Å²) >= 11 is 0. The summed E-state index contributed by atoms with van der Waals surface area (Å²) in [6, 6.07) is 7.67. The number of Topliss-reactive ketones (excluding diaryl/α,β-unsaturated/α-hetero) is 1. The van der Waals surface area contributed by atoms with E-state index in [-0.39, 0.29) is 18.0 Å². The van der Waals surface area contributed by atoms with Crippen molar-refractivity contribution in [3.05, 3.63) is 35.4 Å². The first-order valence-corrected chi connectivity index (χ1v) is 8.00. The third-order valence-corrected chi connectivity index (χ3v) is 5.62.